The Bertz CT molecular complexity index is 609. The van der Waals surface area contributed by atoms with Gasteiger partial charge in [0.25, 0.3) is 0 Å². The number of fused-ring (bicyclic) bond motifs is 3. The maximum Gasteiger partial charge on any atom is 0.168 e. The molecule has 0 spiro atoms. The number of ether oxygens (including phenoxy) is 1. The molecule has 3 fully saturated rings. The van der Waals surface area contributed by atoms with Crippen molar-refractivity contribution in [3.63, 3.8) is 0 Å². The first-order valence-corrected chi connectivity index (χ1v) is 9.00. The van der Waals surface area contributed by atoms with Gasteiger partial charge in [-0.05, 0) is 38.0 Å². The Balaban J connectivity index is 2.08. The molecule has 0 aromatic carbocycles. The van der Waals surface area contributed by atoms with Crippen molar-refractivity contribution >= 4 is 11.6 Å². The molecule has 3 rings (SSSR count). The molecule has 0 aromatic heterocycles. The van der Waals surface area contributed by atoms with Crippen LogP contribution in [0, 0.1) is 22.7 Å². The molecule has 6 atom stereocenters. The lowest BCUT2D eigenvalue weighted by Crippen LogP contribution is -2.70. The van der Waals surface area contributed by atoms with E-state index in [1.807, 2.05) is 20.8 Å². The summed E-state index contributed by atoms with van der Waals surface area (Å²) < 4.78 is 6.25. The van der Waals surface area contributed by atoms with Gasteiger partial charge in [0.05, 0.1) is 11.7 Å². The molecule has 0 unspecified atom stereocenters. The van der Waals surface area contributed by atoms with Crippen LogP contribution in [0.25, 0.3) is 0 Å². The molecule has 2 saturated carbocycles. The van der Waals surface area contributed by atoms with Gasteiger partial charge in [-0.15, -0.1) is 0 Å². The fraction of sp³-hybridized carbons (Fsp3) is 0.800. The summed E-state index contributed by atoms with van der Waals surface area (Å²) in [6.07, 6.45) is 3.05. The lowest BCUT2D eigenvalue weighted by Gasteiger charge is -2.65. The Morgan fingerprint density at radius 3 is 2.33 bits per heavy atom. The maximum absolute atomic E-state index is 12.7. The van der Waals surface area contributed by atoms with Crippen LogP contribution in [-0.4, -0.2) is 34.0 Å². The molecule has 4 heteroatoms. The van der Waals surface area contributed by atoms with Gasteiger partial charge < -0.3 is 9.84 Å². The van der Waals surface area contributed by atoms with E-state index in [-0.39, 0.29) is 28.8 Å². The Kier molecular flexibility index (Phi) is 3.72. The molecular weight excluding hydrogens is 304 g/mol. The first kappa shape index (κ1) is 17.8. The molecule has 1 saturated heterocycles. The van der Waals surface area contributed by atoms with Gasteiger partial charge in [0.15, 0.2) is 5.78 Å². The van der Waals surface area contributed by atoms with Crippen LogP contribution in [-0.2, 0) is 14.3 Å². The summed E-state index contributed by atoms with van der Waals surface area (Å²) in [5.41, 5.74) is -2.50. The third-order valence-corrected chi connectivity index (χ3v) is 7.65. The van der Waals surface area contributed by atoms with Gasteiger partial charge in [-0.2, -0.15) is 0 Å². The highest BCUT2D eigenvalue weighted by atomic mass is 16.5. The van der Waals surface area contributed by atoms with Crippen molar-refractivity contribution in [3.05, 3.63) is 12.7 Å². The van der Waals surface area contributed by atoms with Gasteiger partial charge in [0.2, 0.25) is 0 Å². The fourth-order valence-electron chi connectivity index (χ4n) is 5.86. The monoisotopic (exact) mass is 334 g/mol. The van der Waals surface area contributed by atoms with Gasteiger partial charge in [-0.3, -0.25) is 9.59 Å². The highest BCUT2D eigenvalue weighted by Crippen LogP contribution is 2.64. The molecule has 0 amide bonds. The zero-order chi connectivity index (χ0) is 18.1. The fourth-order valence-corrected chi connectivity index (χ4v) is 5.86. The van der Waals surface area contributed by atoms with Gasteiger partial charge in [-0.25, -0.2) is 0 Å². The van der Waals surface area contributed by atoms with Crippen molar-refractivity contribution in [3.8, 4) is 0 Å². The standard InChI is InChI=1S/C20H30O4/c1-7-19(5)15(22)11-13-18(4)9-8-14(21)17(2,3)12(18)10-16(23)20(13,6)24-19/h7,12-13,16,23H,1,8-11H2,2-6H3/t12-,13+,16-,18-,19+,20-/m1/s1. The van der Waals surface area contributed by atoms with E-state index in [2.05, 4.69) is 13.5 Å². The van der Waals surface area contributed by atoms with Crippen molar-refractivity contribution in [2.75, 3.05) is 0 Å². The number of hydrogen-bond donors (Lipinski definition) is 1. The predicted molar refractivity (Wildman–Crippen MR) is 91.4 cm³/mol. The lowest BCUT2D eigenvalue weighted by atomic mass is 9.43. The van der Waals surface area contributed by atoms with Crippen molar-refractivity contribution in [2.24, 2.45) is 22.7 Å². The highest BCUT2D eigenvalue weighted by Gasteiger charge is 2.67. The predicted octanol–water partition coefficient (Wildman–Crippen LogP) is 3.07. The number of hydrogen-bond acceptors (Lipinski definition) is 4. The van der Waals surface area contributed by atoms with E-state index >= 15 is 0 Å². The second-order valence-electron chi connectivity index (χ2n) is 9.23. The van der Waals surface area contributed by atoms with Crippen LogP contribution in [0.2, 0.25) is 0 Å². The lowest BCUT2D eigenvalue weighted by molar-refractivity contribution is -0.274. The van der Waals surface area contributed by atoms with Crippen molar-refractivity contribution in [1.29, 1.82) is 0 Å². The third-order valence-electron chi connectivity index (χ3n) is 7.65. The van der Waals surface area contributed by atoms with Crippen molar-refractivity contribution < 1.29 is 19.4 Å². The minimum Gasteiger partial charge on any atom is -0.390 e. The summed E-state index contributed by atoms with van der Waals surface area (Å²) in [6, 6.07) is 0. The van der Waals surface area contributed by atoms with Crippen LogP contribution in [0.15, 0.2) is 12.7 Å². The van der Waals surface area contributed by atoms with Crippen molar-refractivity contribution in [2.45, 2.75) is 77.6 Å². The Labute approximate surface area is 144 Å². The Hall–Kier alpha value is -1.00. The molecule has 134 valence electrons. The van der Waals surface area contributed by atoms with E-state index in [0.717, 1.165) is 6.42 Å². The van der Waals surface area contributed by atoms with Crippen LogP contribution in [0.5, 0.6) is 0 Å². The smallest absolute Gasteiger partial charge is 0.168 e. The van der Waals surface area contributed by atoms with Crippen LogP contribution in [0.1, 0.15) is 60.3 Å². The average molecular weight is 334 g/mol. The molecule has 1 heterocycles. The van der Waals surface area contributed by atoms with Crippen LogP contribution >= 0.6 is 0 Å². The number of rotatable bonds is 1. The molecule has 0 aromatic rings. The minimum atomic E-state index is -1.05. The first-order chi connectivity index (χ1) is 10.9. The average Bonchev–Trinajstić information content (AvgIpc) is 2.50. The normalized spacial score (nSPS) is 50.8. The second-order valence-corrected chi connectivity index (χ2v) is 9.23. The summed E-state index contributed by atoms with van der Waals surface area (Å²) >= 11 is 0. The SMILES string of the molecule is C=C[C@]1(C)O[C@@]2(C)[C@H](O)C[C@@H]3C(C)(C)C(=O)CC[C@@]3(C)[C@@H]2CC1=O. The number of Topliss-reactive ketones (excluding diaryl/α,β-unsaturated/α-hetero) is 2. The van der Waals surface area contributed by atoms with Gasteiger partial charge in [-0.1, -0.05) is 33.4 Å². The Morgan fingerprint density at radius 1 is 1.12 bits per heavy atom. The number of carbonyl (C=O) groups excluding carboxylic acids is 2. The number of aliphatic hydroxyl groups is 1. The van der Waals surface area contributed by atoms with Crippen LogP contribution < -0.4 is 0 Å². The Morgan fingerprint density at radius 2 is 1.75 bits per heavy atom. The molecule has 3 aliphatic rings. The number of aliphatic hydroxyl groups excluding tert-OH is 1. The van der Waals surface area contributed by atoms with E-state index in [4.69, 9.17) is 4.74 Å². The first-order valence-electron chi connectivity index (χ1n) is 9.00. The zero-order valence-corrected chi connectivity index (χ0v) is 15.5. The minimum absolute atomic E-state index is 0.0174. The van der Waals surface area contributed by atoms with E-state index in [0.29, 0.717) is 19.3 Å². The third kappa shape index (κ3) is 2.05. The summed E-state index contributed by atoms with van der Waals surface area (Å²) in [7, 11) is 0. The van der Waals surface area contributed by atoms with Gasteiger partial charge >= 0.3 is 0 Å². The topological polar surface area (TPSA) is 63.6 Å². The number of ketones is 2. The van der Waals surface area contributed by atoms with Gasteiger partial charge in [0.1, 0.15) is 11.4 Å². The van der Waals surface area contributed by atoms with Crippen molar-refractivity contribution in [1.82, 2.24) is 0 Å². The van der Waals surface area contributed by atoms with Crippen LogP contribution in [0.4, 0.5) is 0 Å². The van der Waals surface area contributed by atoms with Gasteiger partial charge in [0, 0.05) is 24.2 Å². The largest absolute Gasteiger partial charge is 0.390 e. The molecule has 1 aliphatic heterocycles. The second kappa shape index (κ2) is 5.01. The molecule has 2 aliphatic carbocycles. The summed E-state index contributed by atoms with van der Waals surface area (Å²) in [6.45, 7) is 13.6. The van der Waals surface area contributed by atoms with E-state index in [1.54, 1.807) is 13.0 Å². The quantitative estimate of drug-likeness (QED) is 0.749. The molecule has 4 nitrogen and oxygen atoms in total. The molecule has 24 heavy (non-hydrogen) atoms. The van der Waals surface area contributed by atoms with E-state index in [1.165, 1.54) is 0 Å². The molecule has 1 N–H and O–H groups in total. The van der Waals surface area contributed by atoms with Crippen LogP contribution in [0.3, 0.4) is 0 Å². The van der Waals surface area contributed by atoms with E-state index in [9.17, 15) is 14.7 Å². The summed E-state index contributed by atoms with van der Waals surface area (Å²) in [4.78, 5) is 25.2. The number of carbonyl (C=O) groups is 2. The molecular formula is C20H30O4. The molecule has 0 radical (unpaired) electrons. The summed E-state index contributed by atoms with van der Waals surface area (Å²) in [5.74, 6) is 0.249. The molecule has 0 bridgehead atoms. The van der Waals surface area contributed by atoms with E-state index < -0.39 is 22.7 Å². The highest BCUT2D eigenvalue weighted by molar-refractivity contribution is 5.90. The maximum atomic E-state index is 12.7. The zero-order valence-electron chi connectivity index (χ0n) is 15.5. The summed E-state index contributed by atoms with van der Waals surface area (Å²) in [5, 5.41) is 11.0.